The number of carbonyl (C=O) groups is 3. The van der Waals surface area contributed by atoms with Crippen molar-refractivity contribution >= 4 is 45.5 Å². The number of fused-ring (bicyclic) bond motifs is 1. The highest BCUT2D eigenvalue weighted by molar-refractivity contribution is 9.09. The van der Waals surface area contributed by atoms with E-state index in [-0.39, 0.29) is 47.6 Å². The number of amides is 2. The summed E-state index contributed by atoms with van der Waals surface area (Å²) >= 11 is 5.32. The number of carbonyl (C=O) groups excluding carboxylic acids is 3. The largest absolute Gasteiger partial charge is 0.466 e. The van der Waals surface area contributed by atoms with Gasteiger partial charge in [-0.25, -0.2) is 0 Å². The fraction of sp³-hybridized carbons (Fsp3) is 0.773. The Morgan fingerprint density at radius 2 is 2.13 bits per heavy atom. The predicted molar refractivity (Wildman–Crippen MR) is 124 cm³/mol. The van der Waals surface area contributed by atoms with Gasteiger partial charge in [0.1, 0.15) is 6.04 Å². The summed E-state index contributed by atoms with van der Waals surface area (Å²) in [6, 6.07) is -0.690. The van der Waals surface area contributed by atoms with Crippen molar-refractivity contribution in [2.45, 2.75) is 66.9 Å². The first-order valence-electron chi connectivity index (χ1n) is 10.9. The molecule has 1 N–H and O–H groups in total. The number of aliphatic hydroxyl groups excluding tert-OH is 1. The second-order valence-electron chi connectivity index (χ2n) is 9.43. The first-order chi connectivity index (χ1) is 14.5. The van der Waals surface area contributed by atoms with Crippen LogP contribution in [0.25, 0.3) is 0 Å². The van der Waals surface area contributed by atoms with Gasteiger partial charge in [-0.3, -0.25) is 14.4 Å². The van der Waals surface area contributed by atoms with Gasteiger partial charge in [0.2, 0.25) is 11.8 Å². The first kappa shape index (κ1) is 24.6. The molecule has 0 aliphatic carbocycles. The van der Waals surface area contributed by atoms with Crippen molar-refractivity contribution < 1.29 is 24.2 Å². The highest BCUT2D eigenvalue weighted by Crippen LogP contribution is 2.68. The van der Waals surface area contributed by atoms with Gasteiger partial charge in [0.15, 0.2) is 0 Å². The number of thioether (sulfide) groups is 1. The fourth-order valence-electron chi connectivity index (χ4n) is 5.37. The minimum absolute atomic E-state index is 0.0199. The average molecular weight is 517 g/mol. The number of hydrogen-bond donors (Lipinski definition) is 1. The Kier molecular flexibility index (Phi) is 7.18. The Hall–Kier alpha value is -1.06. The van der Waals surface area contributed by atoms with E-state index in [9.17, 15) is 19.5 Å². The summed E-state index contributed by atoms with van der Waals surface area (Å²) in [5.41, 5.74) is -0.457. The molecule has 0 saturated carbocycles. The van der Waals surface area contributed by atoms with E-state index in [2.05, 4.69) is 22.5 Å². The lowest BCUT2D eigenvalue weighted by molar-refractivity contribution is -0.153. The summed E-state index contributed by atoms with van der Waals surface area (Å²) in [7, 11) is 0. The van der Waals surface area contributed by atoms with Gasteiger partial charge in [-0.2, -0.15) is 0 Å². The van der Waals surface area contributed by atoms with Crippen molar-refractivity contribution in [3.05, 3.63) is 12.7 Å². The molecule has 0 aromatic rings. The molecule has 9 heteroatoms. The molecule has 2 bridgehead atoms. The Morgan fingerprint density at radius 3 is 2.68 bits per heavy atom. The van der Waals surface area contributed by atoms with E-state index >= 15 is 0 Å². The van der Waals surface area contributed by atoms with Gasteiger partial charge in [0.25, 0.3) is 0 Å². The van der Waals surface area contributed by atoms with Crippen molar-refractivity contribution in [1.82, 2.24) is 9.80 Å². The number of hydrogen-bond acceptors (Lipinski definition) is 6. The molecule has 0 aromatic carbocycles. The molecule has 1 spiro atoms. The fourth-order valence-corrected chi connectivity index (χ4v) is 8.96. The summed E-state index contributed by atoms with van der Waals surface area (Å²) < 4.78 is 4.65. The lowest BCUT2D eigenvalue weighted by atomic mass is 9.71. The van der Waals surface area contributed by atoms with E-state index in [0.717, 1.165) is 0 Å². The maximum Gasteiger partial charge on any atom is 0.310 e. The molecule has 2 amide bonds. The third-order valence-electron chi connectivity index (χ3n) is 6.53. The van der Waals surface area contributed by atoms with Gasteiger partial charge >= 0.3 is 5.97 Å². The Balaban J connectivity index is 2.08. The van der Waals surface area contributed by atoms with Crippen LogP contribution in [0.4, 0.5) is 0 Å². The zero-order valence-corrected chi connectivity index (χ0v) is 21.1. The lowest BCUT2D eigenvalue weighted by Gasteiger charge is -2.42. The van der Waals surface area contributed by atoms with E-state index in [1.165, 1.54) is 0 Å². The number of rotatable bonds is 8. The third kappa shape index (κ3) is 3.95. The van der Waals surface area contributed by atoms with E-state index in [1.54, 1.807) is 34.6 Å². The van der Waals surface area contributed by atoms with Crippen LogP contribution in [0.3, 0.4) is 0 Å². The number of nitrogens with zero attached hydrogens (tertiary/aromatic N) is 2. The molecule has 7 nitrogen and oxygen atoms in total. The number of ether oxygens (including phenoxy) is 1. The van der Waals surface area contributed by atoms with Crippen LogP contribution in [0.15, 0.2) is 12.7 Å². The van der Waals surface area contributed by atoms with Gasteiger partial charge < -0.3 is 19.6 Å². The summed E-state index contributed by atoms with van der Waals surface area (Å²) in [6.07, 6.45) is 2.71. The third-order valence-corrected chi connectivity index (χ3v) is 9.75. The van der Waals surface area contributed by atoms with Crippen molar-refractivity contribution in [2.24, 2.45) is 11.8 Å². The number of aliphatic hydroxyl groups is 1. The summed E-state index contributed by atoms with van der Waals surface area (Å²) in [5.74, 6) is -1.83. The SMILES string of the molecule is C=CCN(C(=O)C1N(CCCO)C(=O)[C@@H]2[C@H](C(=O)OCC)[C@H]3SC12CC3Br)C(C)(C)C. The van der Waals surface area contributed by atoms with Gasteiger partial charge in [-0.05, 0) is 40.5 Å². The Morgan fingerprint density at radius 1 is 1.45 bits per heavy atom. The monoisotopic (exact) mass is 516 g/mol. The minimum atomic E-state index is -0.690. The van der Waals surface area contributed by atoms with Crippen LogP contribution in [0.5, 0.6) is 0 Å². The van der Waals surface area contributed by atoms with Crippen LogP contribution < -0.4 is 0 Å². The van der Waals surface area contributed by atoms with Gasteiger partial charge in [0.05, 0.1) is 23.2 Å². The predicted octanol–water partition coefficient (Wildman–Crippen LogP) is 2.21. The molecule has 174 valence electrons. The zero-order chi connectivity index (χ0) is 23.1. The molecule has 3 heterocycles. The van der Waals surface area contributed by atoms with Crippen molar-refractivity contribution in [1.29, 1.82) is 0 Å². The smallest absolute Gasteiger partial charge is 0.310 e. The van der Waals surface area contributed by atoms with E-state index in [0.29, 0.717) is 19.4 Å². The maximum absolute atomic E-state index is 14.0. The second kappa shape index (κ2) is 9.06. The van der Waals surface area contributed by atoms with Gasteiger partial charge in [-0.15, -0.1) is 18.3 Å². The second-order valence-corrected chi connectivity index (χ2v) is 12.1. The van der Waals surface area contributed by atoms with Crippen molar-refractivity contribution in [2.75, 3.05) is 26.3 Å². The van der Waals surface area contributed by atoms with E-state index < -0.39 is 28.2 Å². The molecule has 3 saturated heterocycles. The van der Waals surface area contributed by atoms with Gasteiger partial charge in [-0.1, -0.05) is 22.0 Å². The standard InChI is InChI=1S/C22H33BrN2O5S/c1-6-9-25(21(3,4)5)19(28)17-22-12-13(23)16(31-22)14(20(29)30-7-2)15(22)18(27)24(17)10-8-11-26/h6,13-17,26H,1,7-12H2,2-5H3/t13?,14-,15-,16-,17?,22?/m0/s1. The van der Waals surface area contributed by atoms with E-state index in [1.807, 2.05) is 20.8 Å². The van der Waals surface area contributed by atoms with Crippen LogP contribution in [0.2, 0.25) is 0 Å². The number of alkyl halides is 1. The van der Waals surface area contributed by atoms with Crippen LogP contribution in [0.1, 0.15) is 40.5 Å². The van der Waals surface area contributed by atoms with Gasteiger partial charge in [0, 0.05) is 35.3 Å². The van der Waals surface area contributed by atoms with E-state index in [4.69, 9.17) is 4.74 Å². The van der Waals surface area contributed by atoms with Crippen molar-refractivity contribution in [3.8, 4) is 0 Å². The molecule has 3 aliphatic rings. The molecule has 3 aliphatic heterocycles. The molecule has 0 radical (unpaired) electrons. The summed E-state index contributed by atoms with van der Waals surface area (Å²) in [6.45, 7) is 12.3. The molecule has 0 aromatic heterocycles. The molecular weight excluding hydrogens is 484 g/mol. The number of esters is 1. The van der Waals surface area contributed by atoms with Crippen molar-refractivity contribution in [3.63, 3.8) is 0 Å². The topological polar surface area (TPSA) is 87.2 Å². The molecule has 31 heavy (non-hydrogen) atoms. The van der Waals surface area contributed by atoms with Crippen LogP contribution in [0, 0.1) is 11.8 Å². The molecule has 3 rings (SSSR count). The highest BCUT2D eigenvalue weighted by atomic mass is 79.9. The molecule has 6 atom stereocenters. The summed E-state index contributed by atoms with van der Waals surface area (Å²) in [5, 5.41) is 9.31. The Bertz CT molecular complexity index is 757. The normalized spacial score (nSPS) is 34.1. The molecular formula is C22H33BrN2O5S. The number of halogens is 1. The number of likely N-dealkylation sites (tertiary alicyclic amines) is 1. The Labute approximate surface area is 197 Å². The zero-order valence-electron chi connectivity index (χ0n) is 18.7. The van der Waals surface area contributed by atoms with Crippen LogP contribution in [-0.4, -0.2) is 85.4 Å². The molecule has 3 fully saturated rings. The van der Waals surface area contributed by atoms with Crippen LogP contribution in [-0.2, 0) is 19.1 Å². The average Bonchev–Trinajstić information content (AvgIpc) is 3.27. The van der Waals surface area contributed by atoms with Crippen LogP contribution >= 0.6 is 27.7 Å². The first-order valence-corrected chi connectivity index (χ1v) is 12.7. The maximum atomic E-state index is 14.0. The minimum Gasteiger partial charge on any atom is -0.466 e. The molecule has 3 unspecified atom stereocenters. The quantitative estimate of drug-likeness (QED) is 0.302. The lowest BCUT2D eigenvalue weighted by Crippen LogP contribution is -2.59. The summed E-state index contributed by atoms with van der Waals surface area (Å²) in [4.78, 5) is 44.0. The highest BCUT2D eigenvalue weighted by Gasteiger charge is 2.76.